The molecule has 0 unspecified atom stereocenters. The molecule has 0 bridgehead atoms. The molecule has 0 aliphatic carbocycles. The largest absolute Gasteiger partial charge is 0.493 e. The van der Waals surface area contributed by atoms with Gasteiger partial charge in [-0.15, -0.1) is 5.10 Å². The molecule has 2 aromatic carbocycles. The molecule has 10 heteroatoms. The second-order valence-corrected chi connectivity index (χ2v) is 9.18. The second kappa shape index (κ2) is 9.27. The maximum absolute atomic E-state index is 13.6. The quantitative estimate of drug-likeness (QED) is 0.423. The number of nitrogens with one attached hydrogen (secondary N) is 1. The summed E-state index contributed by atoms with van der Waals surface area (Å²) in [5.41, 5.74) is 3.36. The number of benzene rings is 2. The monoisotopic (exact) mass is 488 g/mol. The van der Waals surface area contributed by atoms with Crippen molar-refractivity contribution in [3.63, 3.8) is 0 Å². The molecule has 6 rings (SSSR count). The van der Waals surface area contributed by atoms with Crippen molar-refractivity contribution in [1.82, 2.24) is 25.2 Å². The van der Waals surface area contributed by atoms with E-state index in [0.717, 1.165) is 43.5 Å². The minimum Gasteiger partial charge on any atom is -0.493 e. The Kier molecular flexibility index (Phi) is 5.80. The summed E-state index contributed by atoms with van der Waals surface area (Å²) in [5, 5.41) is 13.6. The van der Waals surface area contributed by atoms with E-state index in [9.17, 15) is 4.79 Å². The van der Waals surface area contributed by atoms with Gasteiger partial charge in [0.1, 0.15) is 6.04 Å². The summed E-state index contributed by atoms with van der Waals surface area (Å²) in [5.74, 6) is 1.76. The number of H-pyrrole nitrogens is 1. The van der Waals surface area contributed by atoms with E-state index in [1.165, 1.54) is 5.56 Å². The average Bonchev–Trinajstić information content (AvgIpc) is 3.67. The highest BCUT2D eigenvalue weighted by molar-refractivity contribution is 5.83. The minimum atomic E-state index is -0.480. The van der Waals surface area contributed by atoms with Gasteiger partial charge in [-0.1, -0.05) is 18.2 Å². The van der Waals surface area contributed by atoms with Gasteiger partial charge in [-0.05, 0) is 53.5 Å². The van der Waals surface area contributed by atoms with Crippen molar-refractivity contribution in [1.29, 1.82) is 0 Å². The van der Waals surface area contributed by atoms with Crippen LogP contribution in [0.1, 0.15) is 35.8 Å². The van der Waals surface area contributed by atoms with Crippen LogP contribution in [-0.2, 0) is 17.7 Å². The van der Waals surface area contributed by atoms with Crippen LogP contribution < -0.4 is 19.9 Å². The molecule has 0 saturated carbocycles. The number of tetrazole rings is 1. The Morgan fingerprint density at radius 2 is 2.00 bits per heavy atom. The van der Waals surface area contributed by atoms with Crippen LogP contribution in [-0.4, -0.2) is 58.7 Å². The number of pyridine rings is 1. The van der Waals surface area contributed by atoms with Gasteiger partial charge in [0, 0.05) is 35.9 Å². The summed E-state index contributed by atoms with van der Waals surface area (Å²) in [6.07, 6.45) is 2.94. The molecule has 0 spiro atoms. The van der Waals surface area contributed by atoms with Crippen LogP contribution >= 0.6 is 0 Å². The van der Waals surface area contributed by atoms with Crippen molar-refractivity contribution in [2.24, 2.45) is 0 Å². The van der Waals surface area contributed by atoms with Crippen LogP contribution in [0.4, 0.5) is 5.69 Å². The van der Waals surface area contributed by atoms with E-state index in [-0.39, 0.29) is 11.7 Å². The lowest BCUT2D eigenvalue weighted by Crippen LogP contribution is -2.35. The smallest absolute Gasteiger partial charge is 0.254 e. The van der Waals surface area contributed by atoms with E-state index in [4.69, 9.17) is 14.2 Å². The molecule has 0 amide bonds. The summed E-state index contributed by atoms with van der Waals surface area (Å²) < 4.78 is 18.6. The molecule has 36 heavy (non-hydrogen) atoms. The highest BCUT2D eigenvalue weighted by atomic mass is 16.5. The number of ether oxygens (including phenoxy) is 3. The third-order valence-electron chi connectivity index (χ3n) is 7.11. The third kappa shape index (κ3) is 3.87. The van der Waals surface area contributed by atoms with Crippen LogP contribution in [0.2, 0.25) is 0 Å². The molecular formula is C26H28N6O4. The first-order valence-corrected chi connectivity index (χ1v) is 12.2. The van der Waals surface area contributed by atoms with Crippen molar-refractivity contribution in [3.05, 3.63) is 69.8 Å². The van der Waals surface area contributed by atoms with Crippen molar-refractivity contribution in [3.8, 4) is 11.5 Å². The Hall–Kier alpha value is -3.92. The first-order chi connectivity index (χ1) is 17.7. The molecule has 2 aromatic heterocycles. The zero-order valence-corrected chi connectivity index (χ0v) is 20.3. The first kappa shape index (κ1) is 22.5. The fraction of sp³-hybridized carbons (Fsp3) is 0.385. The Labute approximate surface area is 207 Å². The number of para-hydroxylation sites is 1. The van der Waals surface area contributed by atoms with Gasteiger partial charge in [0.2, 0.25) is 0 Å². The number of hydrogen-bond donors (Lipinski definition) is 1. The molecule has 10 nitrogen and oxygen atoms in total. The first-order valence-electron chi connectivity index (χ1n) is 12.2. The van der Waals surface area contributed by atoms with Gasteiger partial charge in [0.15, 0.2) is 17.3 Å². The lowest BCUT2D eigenvalue weighted by Gasteiger charge is -2.29. The van der Waals surface area contributed by atoms with Crippen molar-refractivity contribution in [2.75, 3.05) is 32.3 Å². The normalized spacial score (nSPS) is 17.9. The lowest BCUT2D eigenvalue weighted by atomic mass is 10.0. The summed E-state index contributed by atoms with van der Waals surface area (Å²) in [6.45, 7) is 2.05. The Balaban J connectivity index is 1.51. The second-order valence-electron chi connectivity index (χ2n) is 9.18. The number of nitrogens with zero attached hydrogens (tertiary/aromatic N) is 5. The number of anilines is 1. The van der Waals surface area contributed by atoms with Gasteiger partial charge < -0.3 is 24.1 Å². The molecular weight excluding hydrogens is 460 g/mol. The molecule has 2 aliphatic rings. The van der Waals surface area contributed by atoms with Gasteiger partial charge in [-0.3, -0.25) is 4.79 Å². The highest BCUT2D eigenvalue weighted by Crippen LogP contribution is 2.38. The van der Waals surface area contributed by atoms with Gasteiger partial charge in [0.05, 0.1) is 32.4 Å². The molecule has 4 heterocycles. The zero-order valence-electron chi connectivity index (χ0n) is 20.3. The SMILES string of the molecule is COc1cc2cc([C@@H](c3nnnn3C[C@@H]3CCCO3)N3CCc4ccccc43)c(=O)[nH]c2cc1OC. The van der Waals surface area contributed by atoms with Crippen LogP contribution in [0.15, 0.2) is 47.3 Å². The summed E-state index contributed by atoms with van der Waals surface area (Å²) in [6, 6.07) is 13.4. The minimum absolute atomic E-state index is 0.0605. The van der Waals surface area contributed by atoms with E-state index in [1.807, 2.05) is 24.3 Å². The summed E-state index contributed by atoms with van der Waals surface area (Å²) >= 11 is 0. The Morgan fingerprint density at radius 3 is 2.81 bits per heavy atom. The Morgan fingerprint density at radius 1 is 1.17 bits per heavy atom. The van der Waals surface area contributed by atoms with E-state index < -0.39 is 6.04 Å². The predicted octanol–water partition coefficient (Wildman–Crippen LogP) is 2.86. The van der Waals surface area contributed by atoms with Crippen LogP contribution in [0.25, 0.3) is 10.9 Å². The van der Waals surface area contributed by atoms with E-state index in [2.05, 4.69) is 37.5 Å². The maximum Gasteiger partial charge on any atom is 0.254 e. The fourth-order valence-corrected chi connectivity index (χ4v) is 5.35. The molecule has 2 aliphatic heterocycles. The third-order valence-corrected chi connectivity index (χ3v) is 7.11. The number of fused-ring (bicyclic) bond motifs is 2. The predicted molar refractivity (Wildman–Crippen MR) is 134 cm³/mol. The van der Waals surface area contributed by atoms with Crippen molar-refractivity contribution in [2.45, 2.75) is 38.0 Å². The zero-order chi connectivity index (χ0) is 24.6. The summed E-state index contributed by atoms with van der Waals surface area (Å²) in [7, 11) is 3.17. The van der Waals surface area contributed by atoms with Crippen molar-refractivity contribution >= 4 is 16.6 Å². The van der Waals surface area contributed by atoms with E-state index in [1.54, 1.807) is 25.0 Å². The van der Waals surface area contributed by atoms with E-state index >= 15 is 0 Å². The molecule has 1 N–H and O–H groups in total. The van der Waals surface area contributed by atoms with Gasteiger partial charge in [-0.2, -0.15) is 0 Å². The lowest BCUT2D eigenvalue weighted by molar-refractivity contribution is 0.0924. The molecule has 1 fully saturated rings. The van der Waals surface area contributed by atoms with E-state index in [0.29, 0.717) is 34.9 Å². The average molecular weight is 489 g/mol. The molecule has 1 saturated heterocycles. The topological polar surface area (TPSA) is 107 Å². The molecule has 0 radical (unpaired) electrons. The maximum atomic E-state index is 13.6. The van der Waals surface area contributed by atoms with Gasteiger partial charge in [-0.25, -0.2) is 4.68 Å². The van der Waals surface area contributed by atoms with Crippen molar-refractivity contribution < 1.29 is 14.2 Å². The highest BCUT2D eigenvalue weighted by Gasteiger charge is 2.35. The molecule has 2 atom stereocenters. The number of hydrogen-bond acceptors (Lipinski definition) is 8. The Bertz CT molecular complexity index is 1460. The van der Waals surface area contributed by atoms with Crippen LogP contribution in [0.5, 0.6) is 11.5 Å². The number of aromatic nitrogens is 5. The number of methoxy groups -OCH3 is 2. The number of rotatable bonds is 7. The summed E-state index contributed by atoms with van der Waals surface area (Å²) in [4.78, 5) is 18.9. The molecule has 4 aromatic rings. The fourth-order valence-electron chi connectivity index (χ4n) is 5.35. The number of aromatic amines is 1. The van der Waals surface area contributed by atoms with Gasteiger partial charge in [0.25, 0.3) is 5.56 Å². The standard InChI is InChI=1S/C26H28N6O4/c1-34-22-13-17-12-19(26(33)27-20(17)14-23(22)35-2)24(31-10-9-16-6-3-4-8-21(16)31)25-28-29-30-32(25)15-18-7-5-11-36-18/h3-4,6,8,12-14,18,24H,5,7,9-11,15H2,1-2H3,(H,27,33)/t18-,24-/m0/s1. The molecule has 186 valence electrons. The van der Waals surface area contributed by atoms with Crippen LogP contribution in [0.3, 0.4) is 0 Å². The van der Waals surface area contributed by atoms with Gasteiger partial charge >= 0.3 is 0 Å². The van der Waals surface area contributed by atoms with Crippen LogP contribution in [0, 0.1) is 0 Å².